The number of ketones is 2. The molecule has 352 valence electrons. The molecule has 0 radical (unpaired) electrons. The van der Waals surface area contributed by atoms with Gasteiger partial charge in [0.15, 0.2) is 5.60 Å². The standard InChI is InChI=1S/C24H38O7S.C23H36O6S/c1-12-9-16-23(11-29-16,31-28-7)18-20(26)24(27)10-15(30-32-8)13(2)17(21(24,4)5)14(3)19(25)22(12,18)6;1-11-8-15-22(26,10-28-15)17-19(25)23(27)9-14(29-30-7)12(2)16(20(23,4)5)13(3)18(24)21(11,17)6/h12,14-16,18,20,26-27H,9-11H2,1-8H3;11,13-15,17,19,25-27H,8-10H2,1-7H3/t12-,14+,15-,16+,18-,20-,22+,23-,24+;11-,13+,14-,15+,17-,19-,21+,22-,23+/m00/s1/i8T;7T. The molecule has 8 rings (SSSR count). The van der Waals surface area contributed by atoms with Crippen molar-refractivity contribution in [3.63, 3.8) is 0 Å². The first-order valence-electron chi connectivity index (χ1n) is 23.7. The summed E-state index contributed by atoms with van der Waals surface area (Å²) in [6, 6.07) is 0. The molecule has 18 atom stereocenters. The Morgan fingerprint density at radius 1 is 0.677 bits per heavy atom. The minimum Gasteiger partial charge on any atom is -0.390 e. The van der Waals surface area contributed by atoms with Gasteiger partial charge in [-0.3, -0.25) is 9.59 Å². The summed E-state index contributed by atoms with van der Waals surface area (Å²) in [5, 5.41) is 60.2. The number of aliphatic hydroxyl groups is 5. The quantitative estimate of drug-likeness (QED) is 0.0960. The van der Waals surface area contributed by atoms with Crippen LogP contribution in [0.3, 0.4) is 0 Å². The van der Waals surface area contributed by atoms with Gasteiger partial charge in [-0.1, -0.05) is 69.2 Å². The molecule has 0 aromatic carbocycles. The van der Waals surface area contributed by atoms with Gasteiger partial charge in [0.05, 0.1) is 56.9 Å². The number of hydrogen-bond donors (Lipinski definition) is 5. The molecule has 62 heavy (non-hydrogen) atoms. The maximum Gasteiger partial charge on any atom is 0.159 e. The average molecular weight is 915 g/mol. The van der Waals surface area contributed by atoms with Gasteiger partial charge in [0.1, 0.15) is 28.4 Å². The second-order valence-electron chi connectivity index (χ2n) is 21.8. The molecule has 0 spiro atoms. The fraction of sp³-hybridized carbons (Fsp3) is 0.872. The molecule has 15 heteroatoms. The normalized spacial score (nSPS) is 51.8. The summed E-state index contributed by atoms with van der Waals surface area (Å²) in [5.74, 6) is -2.78. The number of aliphatic hydroxyl groups excluding tert-OH is 2. The van der Waals surface area contributed by atoms with E-state index in [-0.39, 0.29) is 68.0 Å². The molecule has 13 nitrogen and oxygen atoms in total. The zero-order chi connectivity index (χ0) is 47.7. The van der Waals surface area contributed by atoms with E-state index in [1.165, 1.54) is 7.11 Å². The van der Waals surface area contributed by atoms with Gasteiger partial charge in [-0.05, 0) is 84.9 Å². The molecule has 0 unspecified atom stereocenters. The molecule has 0 aromatic rings. The van der Waals surface area contributed by atoms with E-state index in [0.29, 0.717) is 12.8 Å². The number of Topliss-reactive ketones (excluding diaryl/α,β-unsaturated/α-hetero) is 2. The summed E-state index contributed by atoms with van der Waals surface area (Å²) < 4.78 is 38.1. The third kappa shape index (κ3) is 6.08. The Morgan fingerprint density at radius 3 is 1.48 bits per heavy atom. The maximum atomic E-state index is 14.4. The Balaban J connectivity index is 0.000000192. The maximum absolute atomic E-state index is 14.4. The second-order valence-corrected chi connectivity index (χ2v) is 22.6. The van der Waals surface area contributed by atoms with Gasteiger partial charge in [-0.2, -0.15) is 0 Å². The lowest BCUT2D eigenvalue weighted by atomic mass is 9.42. The molecule has 0 amide bonds. The van der Waals surface area contributed by atoms with Gasteiger partial charge >= 0.3 is 0 Å². The summed E-state index contributed by atoms with van der Waals surface area (Å²) in [4.78, 5) is 39.5. The molecule has 0 aromatic heterocycles. The zero-order valence-corrected chi connectivity index (χ0v) is 40.5. The van der Waals surface area contributed by atoms with E-state index < -0.39 is 98.3 Å². The molecule has 2 saturated heterocycles. The molecular formula is C47H74O13S2. The number of carbonyl (C=O) groups excluding carboxylic acids is 2. The molecule has 2 aliphatic heterocycles. The first kappa shape index (κ1) is 46.2. The largest absolute Gasteiger partial charge is 0.390 e. The summed E-state index contributed by atoms with van der Waals surface area (Å²) in [5.41, 5.74) is -5.98. The third-order valence-corrected chi connectivity index (χ3v) is 19.7. The highest BCUT2D eigenvalue weighted by Crippen LogP contribution is 2.67. The SMILES string of the molecule is [3H]CSO[C@H]1C[C@@]2(O)[C@@H](O)[C@@H]3[C@]4(O)CO[C@@H]4C[C@H](C)[C@@]3(C)C(=O)[C@H](C)C(=C1C)C2(C)C.[3H]CSO[C@H]1C[C@@]2(O)[C@@H](O)[C@@H]3[C@]4(OOC)CO[C@@H]4C[C@H](C)[C@@]3(C)C(=O)[C@H](C)C(=C1C)C2(C)C. The van der Waals surface area contributed by atoms with E-state index in [9.17, 15) is 35.1 Å². The van der Waals surface area contributed by atoms with Crippen LogP contribution < -0.4 is 0 Å². The Hall–Kier alpha value is -0.920. The van der Waals surface area contributed by atoms with Gasteiger partial charge in [0.2, 0.25) is 0 Å². The fourth-order valence-electron chi connectivity index (χ4n) is 15.0. The summed E-state index contributed by atoms with van der Waals surface area (Å²) in [6.07, 6.45) is -3.02. The molecular weight excluding hydrogens is 837 g/mol. The minimum absolute atomic E-state index is 0.00888. The van der Waals surface area contributed by atoms with Crippen molar-refractivity contribution in [2.24, 2.45) is 57.2 Å². The smallest absolute Gasteiger partial charge is 0.159 e. The monoisotopic (exact) mass is 914 g/mol. The van der Waals surface area contributed by atoms with E-state index in [2.05, 4.69) is 0 Å². The number of rotatable bonds is 6. The molecule has 4 bridgehead atoms. The molecule has 2 heterocycles. The predicted molar refractivity (Wildman–Crippen MR) is 235 cm³/mol. The predicted octanol–water partition coefficient (Wildman–Crippen LogP) is 5.58. The van der Waals surface area contributed by atoms with Crippen molar-refractivity contribution in [3.05, 3.63) is 22.3 Å². The average Bonchev–Trinajstić information content (AvgIpc) is 3.22. The van der Waals surface area contributed by atoms with Crippen LogP contribution in [0.25, 0.3) is 0 Å². The lowest BCUT2D eigenvalue weighted by Crippen LogP contribution is -2.79. The summed E-state index contributed by atoms with van der Waals surface area (Å²) in [6.45, 7) is 23.2. The first-order valence-corrected chi connectivity index (χ1v) is 24.1. The Labute approximate surface area is 379 Å². The van der Waals surface area contributed by atoms with Crippen LogP contribution in [0.5, 0.6) is 0 Å². The van der Waals surface area contributed by atoms with Crippen LogP contribution in [0.2, 0.25) is 0 Å². The van der Waals surface area contributed by atoms with E-state index in [1.54, 1.807) is 0 Å². The number of fused-ring (bicyclic) bond motifs is 10. The van der Waals surface area contributed by atoms with E-state index >= 15 is 0 Å². The fourth-order valence-corrected chi connectivity index (χ4v) is 15.7. The topological polar surface area (TPSA) is 191 Å². The second kappa shape index (κ2) is 15.8. The van der Waals surface area contributed by atoms with E-state index in [1.807, 2.05) is 83.1 Å². The van der Waals surface area contributed by atoms with Crippen LogP contribution in [0, 0.1) is 57.2 Å². The van der Waals surface area contributed by atoms with Crippen LogP contribution >= 0.6 is 24.1 Å². The van der Waals surface area contributed by atoms with Gasteiger partial charge in [0, 0.05) is 73.4 Å². The summed E-state index contributed by atoms with van der Waals surface area (Å²) >= 11 is 1.99. The van der Waals surface area contributed by atoms with Crippen molar-refractivity contribution >= 4 is 35.7 Å². The van der Waals surface area contributed by atoms with Crippen molar-refractivity contribution in [1.29, 1.82) is 0 Å². The van der Waals surface area contributed by atoms with Crippen LogP contribution in [0.1, 0.15) is 112 Å². The van der Waals surface area contributed by atoms with Crippen molar-refractivity contribution < 1.29 is 65.5 Å². The van der Waals surface area contributed by atoms with Gasteiger partial charge in [-0.25, -0.2) is 9.78 Å². The minimum atomic E-state index is -1.62. The first-order chi connectivity index (χ1) is 29.6. The van der Waals surface area contributed by atoms with Crippen molar-refractivity contribution in [3.8, 4) is 0 Å². The lowest BCUT2D eigenvalue weighted by Gasteiger charge is -2.67. The number of hydrogen-bond acceptors (Lipinski definition) is 15. The van der Waals surface area contributed by atoms with Crippen LogP contribution in [0.4, 0.5) is 0 Å². The van der Waals surface area contributed by atoms with Crippen LogP contribution in [-0.4, -0.2) is 129 Å². The number of carbonyl (C=O) groups is 2. The van der Waals surface area contributed by atoms with E-state index in [4.69, 9.17) is 30.4 Å². The molecule has 4 saturated carbocycles. The van der Waals surface area contributed by atoms with Crippen molar-refractivity contribution in [1.82, 2.24) is 0 Å². The van der Waals surface area contributed by atoms with Gasteiger partial charge < -0.3 is 43.4 Å². The van der Waals surface area contributed by atoms with Gasteiger partial charge in [0.25, 0.3) is 0 Å². The third-order valence-electron chi connectivity index (χ3n) is 18.9. The number of ether oxygens (including phenoxy) is 2. The van der Waals surface area contributed by atoms with Crippen LogP contribution in [0.15, 0.2) is 22.3 Å². The highest BCUT2D eigenvalue weighted by molar-refractivity contribution is 7.94. The zero-order valence-electron chi connectivity index (χ0n) is 40.9. The Kier molecular flexibility index (Phi) is 11.8. The molecule has 8 aliphatic rings. The molecule has 6 fully saturated rings. The molecule has 5 N–H and O–H groups in total. The lowest BCUT2D eigenvalue weighted by molar-refractivity contribution is -0.456. The van der Waals surface area contributed by atoms with Gasteiger partial charge in [-0.15, -0.1) is 0 Å². The van der Waals surface area contributed by atoms with Crippen molar-refractivity contribution in [2.75, 3.05) is 32.8 Å². The Morgan fingerprint density at radius 2 is 1.10 bits per heavy atom. The molecule has 6 aliphatic carbocycles. The Bertz CT molecular complexity index is 1930. The summed E-state index contributed by atoms with van der Waals surface area (Å²) in [7, 11) is 1.42. The van der Waals surface area contributed by atoms with Crippen molar-refractivity contribution in [2.45, 2.75) is 168 Å². The van der Waals surface area contributed by atoms with Crippen LogP contribution in [-0.2, 0) is 37.2 Å². The highest BCUT2D eigenvalue weighted by Gasteiger charge is 2.77. The highest BCUT2D eigenvalue weighted by atomic mass is 32.2. The van der Waals surface area contributed by atoms with E-state index in [0.717, 1.165) is 46.4 Å².